The maximum atomic E-state index is 12.1. The molecular weight excluding hydrogens is 250 g/mol. The number of rotatable bonds is 5. The molecule has 20 heavy (non-hydrogen) atoms. The topological polar surface area (TPSA) is 42.9 Å². The molecule has 3 nitrogen and oxygen atoms in total. The highest BCUT2D eigenvalue weighted by Gasteiger charge is 2.35. The molecule has 0 atom stereocenters. The SMILES string of the molecule is CC(C)(OC(=O)CCC1CCCCC1)C1CC[NH2+]CC1. The van der Waals surface area contributed by atoms with E-state index >= 15 is 0 Å². The fourth-order valence-corrected chi connectivity index (χ4v) is 3.85. The second-order valence-electron chi connectivity index (χ2n) is 7.26. The quantitative estimate of drug-likeness (QED) is 0.788. The summed E-state index contributed by atoms with van der Waals surface area (Å²) < 4.78 is 5.82. The first-order valence-corrected chi connectivity index (χ1v) is 8.61. The molecule has 0 spiro atoms. The van der Waals surface area contributed by atoms with Crippen molar-refractivity contribution in [2.75, 3.05) is 13.1 Å². The summed E-state index contributed by atoms with van der Waals surface area (Å²) >= 11 is 0. The van der Waals surface area contributed by atoms with Crippen LogP contribution in [0.15, 0.2) is 0 Å². The normalized spacial score (nSPS) is 22.7. The Labute approximate surface area is 123 Å². The van der Waals surface area contributed by atoms with Crippen molar-refractivity contribution in [3.8, 4) is 0 Å². The summed E-state index contributed by atoms with van der Waals surface area (Å²) in [6.07, 6.45) is 10.7. The molecule has 1 saturated carbocycles. The number of nitrogens with two attached hydrogens (primary N) is 1. The minimum Gasteiger partial charge on any atom is -0.459 e. The van der Waals surface area contributed by atoms with Crippen LogP contribution >= 0.6 is 0 Å². The van der Waals surface area contributed by atoms with Crippen molar-refractivity contribution in [1.82, 2.24) is 0 Å². The third-order valence-corrected chi connectivity index (χ3v) is 5.28. The van der Waals surface area contributed by atoms with Crippen LogP contribution in [0, 0.1) is 11.8 Å². The monoisotopic (exact) mass is 282 g/mol. The van der Waals surface area contributed by atoms with Crippen molar-refractivity contribution in [2.24, 2.45) is 11.8 Å². The molecule has 1 aliphatic carbocycles. The second-order valence-corrected chi connectivity index (χ2v) is 7.26. The van der Waals surface area contributed by atoms with Crippen LogP contribution in [0.2, 0.25) is 0 Å². The minimum atomic E-state index is -0.280. The standard InChI is InChI=1S/C17H31NO2/c1-17(2,15-10-12-18-13-11-15)20-16(19)9-8-14-6-4-3-5-7-14/h14-15,18H,3-13H2,1-2H3/p+1. The van der Waals surface area contributed by atoms with Gasteiger partial charge in [-0.05, 0) is 26.2 Å². The lowest BCUT2D eigenvalue weighted by Crippen LogP contribution is -2.86. The Morgan fingerprint density at radius 1 is 1.10 bits per heavy atom. The van der Waals surface area contributed by atoms with Crippen molar-refractivity contribution >= 4 is 5.97 Å². The van der Waals surface area contributed by atoms with E-state index in [0.717, 1.165) is 12.3 Å². The Morgan fingerprint density at radius 2 is 1.75 bits per heavy atom. The zero-order valence-electron chi connectivity index (χ0n) is 13.3. The Balaban J connectivity index is 1.71. The van der Waals surface area contributed by atoms with Gasteiger partial charge >= 0.3 is 5.97 Å². The molecule has 116 valence electrons. The molecule has 0 aromatic heterocycles. The number of esters is 1. The van der Waals surface area contributed by atoms with Gasteiger partial charge in [-0.25, -0.2) is 0 Å². The average Bonchev–Trinajstić information content (AvgIpc) is 2.47. The van der Waals surface area contributed by atoms with Gasteiger partial charge in [0.15, 0.2) is 0 Å². The molecule has 2 rings (SSSR count). The zero-order chi connectivity index (χ0) is 14.4. The fraction of sp³-hybridized carbons (Fsp3) is 0.941. The van der Waals surface area contributed by atoms with Crippen LogP contribution < -0.4 is 5.32 Å². The van der Waals surface area contributed by atoms with Gasteiger partial charge < -0.3 is 10.1 Å². The van der Waals surface area contributed by atoms with E-state index in [0.29, 0.717) is 12.3 Å². The van der Waals surface area contributed by atoms with Crippen molar-refractivity contribution in [3.63, 3.8) is 0 Å². The van der Waals surface area contributed by atoms with Crippen LogP contribution in [0.5, 0.6) is 0 Å². The summed E-state index contributed by atoms with van der Waals surface area (Å²) in [6.45, 7) is 6.55. The fourth-order valence-electron chi connectivity index (χ4n) is 3.85. The second kappa shape index (κ2) is 7.44. The molecule has 1 saturated heterocycles. The number of hydrogen-bond donors (Lipinski definition) is 1. The van der Waals surface area contributed by atoms with Crippen molar-refractivity contribution < 1.29 is 14.8 Å². The van der Waals surface area contributed by atoms with Crippen LogP contribution in [-0.2, 0) is 9.53 Å². The van der Waals surface area contributed by atoms with Gasteiger partial charge in [0, 0.05) is 25.2 Å². The van der Waals surface area contributed by atoms with Crippen LogP contribution in [0.4, 0.5) is 0 Å². The first-order valence-electron chi connectivity index (χ1n) is 8.61. The van der Waals surface area contributed by atoms with E-state index in [-0.39, 0.29) is 11.6 Å². The van der Waals surface area contributed by atoms with Crippen molar-refractivity contribution in [2.45, 2.75) is 77.2 Å². The summed E-state index contributed by atoms with van der Waals surface area (Å²) in [5.41, 5.74) is -0.280. The number of quaternary nitrogens is 1. The molecule has 0 bridgehead atoms. The number of ether oxygens (including phenoxy) is 1. The van der Waals surface area contributed by atoms with Gasteiger partial charge in [0.25, 0.3) is 0 Å². The Morgan fingerprint density at radius 3 is 2.40 bits per heavy atom. The Bertz CT molecular complexity index is 302. The third-order valence-electron chi connectivity index (χ3n) is 5.28. The molecule has 0 aromatic carbocycles. The average molecular weight is 282 g/mol. The Hall–Kier alpha value is -0.570. The summed E-state index contributed by atoms with van der Waals surface area (Å²) in [7, 11) is 0. The van der Waals surface area contributed by atoms with Crippen LogP contribution in [-0.4, -0.2) is 24.7 Å². The molecule has 1 heterocycles. The highest BCUT2D eigenvalue weighted by Crippen LogP contribution is 2.30. The predicted octanol–water partition coefficient (Wildman–Crippen LogP) is 2.64. The van der Waals surface area contributed by atoms with Gasteiger partial charge in [0.2, 0.25) is 0 Å². The summed E-state index contributed by atoms with van der Waals surface area (Å²) in [4.78, 5) is 12.1. The molecule has 3 heteroatoms. The number of carbonyl (C=O) groups is 1. The number of piperidine rings is 1. The molecule has 2 N–H and O–H groups in total. The van der Waals surface area contributed by atoms with Gasteiger partial charge in [0.1, 0.15) is 5.60 Å². The highest BCUT2D eigenvalue weighted by molar-refractivity contribution is 5.69. The van der Waals surface area contributed by atoms with Crippen LogP contribution in [0.1, 0.15) is 71.6 Å². The summed E-state index contributed by atoms with van der Waals surface area (Å²) in [5.74, 6) is 1.32. The predicted molar refractivity (Wildman–Crippen MR) is 80.4 cm³/mol. The molecular formula is C17H32NO2+. The lowest BCUT2D eigenvalue weighted by molar-refractivity contribution is -0.665. The van der Waals surface area contributed by atoms with E-state index in [9.17, 15) is 4.79 Å². The Kier molecular flexibility index (Phi) is 5.88. The van der Waals surface area contributed by atoms with Crippen LogP contribution in [0.25, 0.3) is 0 Å². The molecule has 1 aliphatic heterocycles. The van der Waals surface area contributed by atoms with Gasteiger partial charge in [0.05, 0.1) is 13.1 Å². The van der Waals surface area contributed by atoms with Crippen LogP contribution in [0.3, 0.4) is 0 Å². The molecule has 0 radical (unpaired) electrons. The van der Waals surface area contributed by atoms with Gasteiger partial charge in [-0.15, -0.1) is 0 Å². The van der Waals surface area contributed by atoms with Crippen molar-refractivity contribution in [3.05, 3.63) is 0 Å². The highest BCUT2D eigenvalue weighted by atomic mass is 16.6. The smallest absolute Gasteiger partial charge is 0.306 e. The van der Waals surface area contributed by atoms with Gasteiger partial charge in [-0.3, -0.25) is 4.79 Å². The minimum absolute atomic E-state index is 0.0233. The lowest BCUT2D eigenvalue weighted by atomic mass is 9.83. The zero-order valence-corrected chi connectivity index (χ0v) is 13.3. The van der Waals surface area contributed by atoms with E-state index < -0.39 is 0 Å². The maximum absolute atomic E-state index is 12.1. The van der Waals surface area contributed by atoms with E-state index in [1.54, 1.807) is 0 Å². The maximum Gasteiger partial charge on any atom is 0.306 e. The third kappa shape index (κ3) is 4.76. The molecule has 2 aliphatic rings. The molecule has 0 amide bonds. The molecule has 0 unspecified atom stereocenters. The number of hydrogen-bond acceptors (Lipinski definition) is 2. The van der Waals surface area contributed by atoms with Gasteiger partial charge in [-0.2, -0.15) is 0 Å². The van der Waals surface area contributed by atoms with Gasteiger partial charge in [-0.1, -0.05) is 32.1 Å². The summed E-state index contributed by atoms with van der Waals surface area (Å²) in [6, 6.07) is 0. The molecule has 0 aromatic rings. The summed E-state index contributed by atoms with van der Waals surface area (Å²) in [5, 5.41) is 2.36. The van der Waals surface area contributed by atoms with E-state index in [4.69, 9.17) is 4.74 Å². The number of carbonyl (C=O) groups excluding carboxylic acids is 1. The first-order chi connectivity index (χ1) is 9.58. The first kappa shape index (κ1) is 15.8. The van der Waals surface area contributed by atoms with E-state index in [1.807, 2.05) is 0 Å². The lowest BCUT2D eigenvalue weighted by Gasteiger charge is -2.35. The largest absolute Gasteiger partial charge is 0.459 e. The van der Waals surface area contributed by atoms with E-state index in [2.05, 4.69) is 19.2 Å². The van der Waals surface area contributed by atoms with E-state index in [1.165, 1.54) is 58.0 Å². The van der Waals surface area contributed by atoms with Crippen molar-refractivity contribution in [1.29, 1.82) is 0 Å². The molecule has 2 fully saturated rings.